The molecule has 1 aromatic rings. The van der Waals surface area contributed by atoms with Crippen molar-refractivity contribution in [1.29, 1.82) is 0 Å². The van der Waals surface area contributed by atoms with Crippen LogP contribution in [0.1, 0.15) is 5.56 Å². The average Bonchev–Trinajstić information content (AvgIpc) is 2.01. The zero-order valence-electron chi connectivity index (χ0n) is 6.59. The lowest BCUT2D eigenvalue weighted by Gasteiger charge is -2.12. The van der Waals surface area contributed by atoms with Crippen LogP contribution in [-0.2, 0) is 6.18 Å². The molecule has 0 spiro atoms. The first kappa shape index (κ1) is 11.3. The van der Waals surface area contributed by atoms with E-state index in [4.69, 9.17) is 21.6 Å². The monoisotopic (exact) mass is 225 g/mol. The van der Waals surface area contributed by atoms with Crippen LogP contribution >= 0.6 is 11.6 Å². The lowest BCUT2D eigenvalue weighted by atomic mass is 9.77. The molecule has 1 rings (SSSR count). The van der Waals surface area contributed by atoms with Gasteiger partial charge in [-0.05, 0) is 0 Å². The van der Waals surface area contributed by atoms with Gasteiger partial charge in [0.1, 0.15) is 0 Å². The third-order valence-electron chi connectivity index (χ3n) is 1.50. The highest BCUT2D eigenvalue weighted by Gasteiger charge is 2.37. The Kier molecular flexibility index (Phi) is 3.03. The van der Waals surface area contributed by atoms with Gasteiger partial charge in [0.15, 0.2) is 0 Å². The van der Waals surface area contributed by atoms with E-state index in [1.165, 1.54) is 0 Å². The van der Waals surface area contributed by atoms with E-state index in [0.29, 0.717) is 6.20 Å². The van der Waals surface area contributed by atoms with Gasteiger partial charge in [0.2, 0.25) is 0 Å². The number of halogens is 4. The van der Waals surface area contributed by atoms with Crippen molar-refractivity contribution in [3.05, 3.63) is 23.0 Å². The second-order valence-corrected chi connectivity index (χ2v) is 2.86. The van der Waals surface area contributed by atoms with Gasteiger partial charge in [0.05, 0.1) is 10.6 Å². The van der Waals surface area contributed by atoms with E-state index in [9.17, 15) is 13.2 Å². The molecule has 0 atom stereocenters. The predicted octanol–water partition coefficient (Wildman–Crippen LogP) is 0.434. The summed E-state index contributed by atoms with van der Waals surface area (Å²) in [5.41, 5.74) is -2.03. The largest absolute Gasteiger partial charge is 0.490 e. The molecule has 8 heteroatoms. The van der Waals surface area contributed by atoms with Gasteiger partial charge in [0.25, 0.3) is 0 Å². The minimum atomic E-state index is -4.71. The summed E-state index contributed by atoms with van der Waals surface area (Å²) >= 11 is 5.35. The van der Waals surface area contributed by atoms with Gasteiger partial charge in [0, 0.05) is 17.9 Å². The molecule has 0 saturated heterocycles. The maximum Gasteiger partial charge on any atom is 0.490 e. The maximum atomic E-state index is 12.3. The number of rotatable bonds is 1. The van der Waals surface area contributed by atoms with Gasteiger partial charge >= 0.3 is 13.3 Å². The number of hydrogen-bond donors (Lipinski definition) is 2. The van der Waals surface area contributed by atoms with Crippen molar-refractivity contribution in [2.75, 3.05) is 0 Å². The van der Waals surface area contributed by atoms with Crippen molar-refractivity contribution in [3.63, 3.8) is 0 Å². The minimum absolute atomic E-state index is 0.435. The third kappa shape index (κ3) is 2.17. The van der Waals surface area contributed by atoms with Gasteiger partial charge in [-0.15, -0.1) is 0 Å². The third-order valence-corrected chi connectivity index (χ3v) is 1.80. The Bertz CT molecular complexity index is 344. The summed E-state index contributed by atoms with van der Waals surface area (Å²) in [5, 5.41) is 16.9. The maximum absolute atomic E-state index is 12.3. The summed E-state index contributed by atoms with van der Waals surface area (Å²) in [7, 11) is -2.28. The molecule has 0 unspecified atom stereocenters. The van der Waals surface area contributed by atoms with E-state index < -0.39 is 29.3 Å². The molecular formula is C6H4BClF3NO2. The second kappa shape index (κ2) is 3.76. The van der Waals surface area contributed by atoms with Crippen LogP contribution in [0.4, 0.5) is 13.2 Å². The van der Waals surface area contributed by atoms with Gasteiger partial charge < -0.3 is 10.0 Å². The Hall–Kier alpha value is -0.785. The molecule has 0 fully saturated rings. The van der Waals surface area contributed by atoms with Crippen LogP contribution in [-0.4, -0.2) is 22.2 Å². The van der Waals surface area contributed by atoms with E-state index in [1.807, 2.05) is 0 Å². The predicted molar refractivity (Wildman–Crippen MR) is 44.1 cm³/mol. The van der Waals surface area contributed by atoms with E-state index in [0.717, 1.165) is 6.20 Å². The Morgan fingerprint density at radius 1 is 1.29 bits per heavy atom. The molecule has 3 nitrogen and oxygen atoms in total. The number of alkyl halides is 3. The Balaban J connectivity index is 3.36. The van der Waals surface area contributed by atoms with Gasteiger partial charge in [-0.3, -0.25) is 4.98 Å². The molecule has 0 aliphatic carbocycles. The summed E-state index contributed by atoms with van der Waals surface area (Å²) in [6, 6.07) is 0. The van der Waals surface area contributed by atoms with Crippen LogP contribution in [0.5, 0.6) is 0 Å². The Labute approximate surface area is 82.3 Å². The molecule has 1 aromatic heterocycles. The topological polar surface area (TPSA) is 53.4 Å². The normalized spacial score (nSPS) is 11.6. The summed E-state index contributed by atoms with van der Waals surface area (Å²) in [6.07, 6.45) is -3.32. The highest BCUT2D eigenvalue weighted by atomic mass is 35.5. The SMILES string of the molecule is OB(O)c1c(Cl)cncc1C(F)(F)F. The molecule has 0 saturated carbocycles. The molecular weight excluding hydrogens is 221 g/mol. The molecule has 1 heterocycles. The highest BCUT2D eigenvalue weighted by Crippen LogP contribution is 2.28. The first-order valence-corrected chi connectivity index (χ1v) is 3.78. The second-order valence-electron chi connectivity index (χ2n) is 2.45. The molecule has 0 amide bonds. The highest BCUT2D eigenvalue weighted by molar-refractivity contribution is 6.63. The van der Waals surface area contributed by atoms with Crippen molar-refractivity contribution in [2.45, 2.75) is 6.18 Å². The zero-order valence-corrected chi connectivity index (χ0v) is 7.34. The Morgan fingerprint density at radius 2 is 1.86 bits per heavy atom. The quantitative estimate of drug-likeness (QED) is 0.682. The minimum Gasteiger partial charge on any atom is -0.423 e. The van der Waals surface area contributed by atoms with Crippen molar-refractivity contribution < 1.29 is 23.2 Å². The van der Waals surface area contributed by atoms with Crippen molar-refractivity contribution in [1.82, 2.24) is 4.98 Å². The number of pyridine rings is 1. The summed E-state index contributed by atoms with van der Waals surface area (Å²) < 4.78 is 36.8. The van der Waals surface area contributed by atoms with Crippen molar-refractivity contribution in [2.24, 2.45) is 0 Å². The van der Waals surface area contributed by atoms with Gasteiger partial charge in [-0.2, -0.15) is 13.2 Å². The van der Waals surface area contributed by atoms with Gasteiger partial charge in [-0.1, -0.05) is 11.6 Å². The smallest absolute Gasteiger partial charge is 0.423 e. The molecule has 14 heavy (non-hydrogen) atoms. The number of hydrogen-bond acceptors (Lipinski definition) is 3. The number of nitrogens with zero attached hydrogens (tertiary/aromatic N) is 1. The molecule has 0 radical (unpaired) electrons. The number of aromatic nitrogens is 1. The standard InChI is InChI=1S/C6H4BClF3NO2/c8-4-2-12-1-3(6(9,10)11)5(4)7(13)14/h1-2,13-14H. The molecule has 76 valence electrons. The lowest BCUT2D eigenvalue weighted by molar-refractivity contribution is -0.137. The molecule has 0 bridgehead atoms. The Morgan fingerprint density at radius 3 is 2.21 bits per heavy atom. The van der Waals surface area contributed by atoms with Gasteiger partial charge in [-0.25, -0.2) is 0 Å². The van der Waals surface area contributed by atoms with E-state index in [2.05, 4.69) is 4.98 Å². The van der Waals surface area contributed by atoms with Crippen LogP contribution in [0.3, 0.4) is 0 Å². The van der Waals surface area contributed by atoms with Crippen LogP contribution in [0.2, 0.25) is 5.02 Å². The first-order chi connectivity index (χ1) is 6.34. The fraction of sp³-hybridized carbons (Fsp3) is 0.167. The van der Waals surface area contributed by atoms with E-state index in [1.54, 1.807) is 0 Å². The van der Waals surface area contributed by atoms with Crippen LogP contribution in [0.15, 0.2) is 12.4 Å². The fourth-order valence-electron chi connectivity index (χ4n) is 0.933. The van der Waals surface area contributed by atoms with E-state index in [-0.39, 0.29) is 0 Å². The van der Waals surface area contributed by atoms with Crippen LogP contribution < -0.4 is 5.46 Å². The fourth-order valence-corrected chi connectivity index (χ4v) is 1.19. The van der Waals surface area contributed by atoms with Crippen molar-refractivity contribution >= 4 is 24.2 Å². The zero-order chi connectivity index (χ0) is 10.9. The summed E-state index contributed by atoms with van der Waals surface area (Å²) in [5.74, 6) is 0. The molecule has 0 aliphatic rings. The van der Waals surface area contributed by atoms with Crippen molar-refractivity contribution in [3.8, 4) is 0 Å². The van der Waals surface area contributed by atoms with Crippen LogP contribution in [0, 0.1) is 0 Å². The lowest BCUT2D eigenvalue weighted by Crippen LogP contribution is -2.37. The molecule has 0 aliphatic heterocycles. The summed E-state index contributed by atoms with van der Waals surface area (Å²) in [6.45, 7) is 0. The molecule has 2 N–H and O–H groups in total. The summed E-state index contributed by atoms with van der Waals surface area (Å²) in [4.78, 5) is 3.22. The first-order valence-electron chi connectivity index (χ1n) is 3.40. The average molecular weight is 225 g/mol. The van der Waals surface area contributed by atoms with E-state index >= 15 is 0 Å². The van der Waals surface area contributed by atoms with Crippen LogP contribution in [0.25, 0.3) is 0 Å². The molecule has 0 aromatic carbocycles.